The topological polar surface area (TPSA) is 87.7 Å². The molecule has 1 fully saturated rings. The molecule has 1 heterocycles. The third-order valence-electron chi connectivity index (χ3n) is 3.12. The summed E-state index contributed by atoms with van der Waals surface area (Å²) in [6.45, 7) is 7.10. The van der Waals surface area contributed by atoms with E-state index in [-0.39, 0.29) is 30.2 Å². The molecule has 20 heavy (non-hydrogen) atoms. The number of amides is 3. The van der Waals surface area contributed by atoms with Gasteiger partial charge >= 0.3 is 6.03 Å². The second kappa shape index (κ2) is 7.84. The van der Waals surface area contributed by atoms with Crippen molar-refractivity contribution in [3.05, 3.63) is 0 Å². The lowest BCUT2D eigenvalue weighted by Crippen LogP contribution is -2.51. The Balaban J connectivity index is 2.34. The summed E-state index contributed by atoms with van der Waals surface area (Å²) in [4.78, 5) is 36.5. The van der Waals surface area contributed by atoms with Crippen LogP contribution in [0.4, 0.5) is 4.79 Å². The zero-order valence-electron chi connectivity index (χ0n) is 12.3. The van der Waals surface area contributed by atoms with Crippen LogP contribution in [0.25, 0.3) is 0 Å². The molecule has 7 heteroatoms. The summed E-state index contributed by atoms with van der Waals surface area (Å²) in [5, 5.41) is 5.17. The van der Waals surface area contributed by atoms with Gasteiger partial charge in [0.2, 0.25) is 5.91 Å². The molecular formula is C13H23N3O4. The zero-order chi connectivity index (χ0) is 15.1. The van der Waals surface area contributed by atoms with Crippen molar-refractivity contribution in [2.24, 2.45) is 5.92 Å². The van der Waals surface area contributed by atoms with Crippen LogP contribution in [0.15, 0.2) is 0 Å². The van der Waals surface area contributed by atoms with Gasteiger partial charge in [-0.3, -0.25) is 9.59 Å². The third kappa shape index (κ3) is 5.16. The maximum atomic E-state index is 11.8. The molecule has 0 aromatic heterocycles. The molecule has 1 aliphatic heterocycles. The maximum absolute atomic E-state index is 11.8. The van der Waals surface area contributed by atoms with Crippen molar-refractivity contribution in [1.82, 2.24) is 15.5 Å². The Morgan fingerprint density at radius 2 is 1.80 bits per heavy atom. The number of ketones is 1. The van der Waals surface area contributed by atoms with E-state index in [1.807, 2.05) is 13.8 Å². The minimum Gasteiger partial charge on any atom is -0.378 e. The highest BCUT2D eigenvalue weighted by molar-refractivity contribution is 5.89. The van der Waals surface area contributed by atoms with Gasteiger partial charge in [-0.25, -0.2) is 4.79 Å². The number of rotatable bonds is 5. The smallest absolute Gasteiger partial charge is 0.317 e. The molecule has 0 aliphatic carbocycles. The van der Waals surface area contributed by atoms with Crippen molar-refractivity contribution in [3.8, 4) is 0 Å². The number of nitrogens with zero attached hydrogens (tertiary/aromatic N) is 1. The van der Waals surface area contributed by atoms with E-state index in [0.717, 1.165) is 0 Å². The minimum atomic E-state index is -0.511. The minimum absolute atomic E-state index is 0.0198. The van der Waals surface area contributed by atoms with Gasteiger partial charge in [0.15, 0.2) is 5.78 Å². The average molecular weight is 285 g/mol. The fraction of sp³-hybridized carbons (Fsp3) is 0.769. The largest absolute Gasteiger partial charge is 0.378 e. The second-order valence-electron chi connectivity index (χ2n) is 5.16. The Kier molecular flexibility index (Phi) is 6.44. The molecule has 1 atom stereocenters. The molecule has 3 amide bonds. The van der Waals surface area contributed by atoms with Gasteiger partial charge in [-0.15, -0.1) is 0 Å². The van der Waals surface area contributed by atoms with Crippen molar-refractivity contribution in [1.29, 1.82) is 0 Å². The number of ether oxygens (including phenoxy) is 1. The van der Waals surface area contributed by atoms with Gasteiger partial charge in [-0.2, -0.15) is 0 Å². The van der Waals surface area contributed by atoms with E-state index in [1.165, 1.54) is 6.92 Å². The van der Waals surface area contributed by atoms with Gasteiger partial charge in [0.05, 0.1) is 25.8 Å². The summed E-state index contributed by atoms with van der Waals surface area (Å²) >= 11 is 0. The van der Waals surface area contributed by atoms with Gasteiger partial charge in [0.1, 0.15) is 0 Å². The van der Waals surface area contributed by atoms with E-state index in [9.17, 15) is 14.4 Å². The summed E-state index contributed by atoms with van der Waals surface area (Å²) in [7, 11) is 0. The fourth-order valence-corrected chi connectivity index (χ4v) is 2.00. The first-order valence-electron chi connectivity index (χ1n) is 6.82. The van der Waals surface area contributed by atoms with E-state index < -0.39 is 6.04 Å². The van der Waals surface area contributed by atoms with Crippen LogP contribution in [-0.2, 0) is 14.3 Å². The van der Waals surface area contributed by atoms with Crippen LogP contribution in [0.5, 0.6) is 0 Å². The lowest BCUT2D eigenvalue weighted by atomic mass is 10.0. The molecule has 0 aromatic carbocycles. The SMILES string of the molecule is CC(=O)C(NC(=O)CNC(=O)N1CCOCC1)C(C)C. The lowest BCUT2D eigenvalue weighted by molar-refractivity contribution is -0.127. The molecule has 1 saturated heterocycles. The Hall–Kier alpha value is -1.63. The van der Waals surface area contributed by atoms with Crippen LogP contribution in [0.1, 0.15) is 20.8 Å². The third-order valence-corrected chi connectivity index (χ3v) is 3.12. The van der Waals surface area contributed by atoms with Crippen LogP contribution in [0, 0.1) is 5.92 Å². The normalized spacial score (nSPS) is 16.7. The first kappa shape index (κ1) is 16.4. The monoisotopic (exact) mass is 285 g/mol. The Bertz CT molecular complexity index is 365. The van der Waals surface area contributed by atoms with Crippen molar-refractivity contribution in [2.75, 3.05) is 32.8 Å². The molecule has 1 aliphatic rings. The Morgan fingerprint density at radius 3 is 2.30 bits per heavy atom. The highest BCUT2D eigenvalue weighted by atomic mass is 16.5. The highest BCUT2D eigenvalue weighted by Gasteiger charge is 2.21. The standard InChI is InChI=1S/C13H23N3O4/c1-9(2)12(10(3)17)15-11(18)8-14-13(19)16-4-6-20-7-5-16/h9,12H,4-8H2,1-3H3,(H,14,19)(H,15,18). The second-order valence-corrected chi connectivity index (χ2v) is 5.16. The lowest BCUT2D eigenvalue weighted by Gasteiger charge is -2.27. The number of nitrogens with one attached hydrogen (secondary N) is 2. The first-order valence-corrected chi connectivity index (χ1v) is 6.82. The van der Waals surface area contributed by atoms with E-state index >= 15 is 0 Å². The molecule has 114 valence electrons. The highest BCUT2D eigenvalue weighted by Crippen LogP contribution is 2.02. The van der Waals surface area contributed by atoms with Crippen LogP contribution < -0.4 is 10.6 Å². The van der Waals surface area contributed by atoms with Crippen molar-refractivity contribution in [2.45, 2.75) is 26.8 Å². The molecule has 1 unspecified atom stereocenters. The maximum Gasteiger partial charge on any atom is 0.317 e. The van der Waals surface area contributed by atoms with Gasteiger partial charge in [0.25, 0.3) is 0 Å². The summed E-state index contributed by atoms with van der Waals surface area (Å²) in [5.41, 5.74) is 0. The van der Waals surface area contributed by atoms with Crippen molar-refractivity contribution >= 4 is 17.7 Å². The molecule has 2 N–H and O–H groups in total. The van der Waals surface area contributed by atoms with E-state index in [1.54, 1.807) is 4.90 Å². The predicted octanol–water partition coefficient (Wildman–Crippen LogP) is -0.242. The number of Topliss-reactive ketones (excluding diaryl/α,β-unsaturated/α-hetero) is 1. The predicted molar refractivity (Wildman–Crippen MR) is 73.2 cm³/mol. The first-order chi connectivity index (χ1) is 9.41. The van der Waals surface area contributed by atoms with Gasteiger partial charge in [-0.05, 0) is 12.8 Å². The molecular weight excluding hydrogens is 262 g/mol. The van der Waals surface area contributed by atoms with Crippen LogP contribution >= 0.6 is 0 Å². The average Bonchev–Trinajstić information content (AvgIpc) is 2.42. The molecule has 1 rings (SSSR count). The summed E-state index contributed by atoms with van der Waals surface area (Å²) in [6, 6.07) is -0.796. The van der Waals surface area contributed by atoms with E-state index in [0.29, 0.717) is 26.3 Å². The number of carbonyl (C=O) groups is 3. The molecule has 0 bridgehead atoms. The van der Waals surface area contributed by atoms with Crippen LogP contribution in [0.3, 0.4) is 0 Å². The quantitative estimate of drug-likeness (QED) is 0.729. The summed E-state index contributed by atoms with van der Waals surface area (Å²) in [6.07, 6.45) is 0. The number of urea groups is 1. The number of hydrogen-bond acceptors (Lipinski definition) is 4. The Labute approximate surface area is 119 Å². The molecule has 0 spiro atoms. The Morgan fingerprint density at radius 1 is 1.20 bits per heavy atom. The van der Waals surface area contributed by atoms with Gasteiger partial charge in [0, 0.05) is 13.1 Å². The van der Waals surface area contributed by atoms with Crippen molar-refractivity contribution in [3.63, 3.8) is 0 Å². The van der Waals surface area contributed by atoms with Gasteiger partial charge < -0.3 is 20.3 Å². The summed E-state index contributed by atoms with van der Waals surface area (Å²) < 4.78 is 5.14. The van der Waals surface area contributed by atoms with Crippen LogP contribution in [0.2, 0.25) is 0 Å². The number of morpholine rings is 1. The molecule has 0 radical (unpaired) electrons. The van der Waals surface area contributed by atoms with Gasteiger partial charge in [-0.1, -0.05) is 13.8 Å². The van der Waals surface area contributed by atoms with E-state index in [2.05, 4.69) is 10.6 Å². The number of carbonyl (C=O) groups excluding carboxylic acids is 3. The van der Waals surface area contributed by atoms with Crippen LogP contribution in [-0.4, -0.2) is 61.5 Å². The van der Waals surface area contributed by atoms with E-state index in [4.69, 9.17) is 4.74 Å². The zero-order valence-corrected chi connectivity index (χ0v) is 12.3. The van der Waals surface area contributed by atoms with Crippen molar-refractivity contribution < 1.29 is 19.1 Å². The molecule has 7 nitrogen and oxygen atoms in total. The molecule has 0 aromatic rings. The fourth-order valence-electron chi connectivity index (χ4n) is 2.00. The molecule has 0 saturated carbocycles. The number of hydrogen-bond donors (Lipinski definition) is 2. The summed E-state index contributed by atoms with van der Waals surface area (Å²) in [5.74, 6) is -0.431.